The number of carbonyl (C=O) groups is 2. The fraction of sp³-hybridized carbons (Fsp3) is 0.333. The summed E-state index contributed by atoms with van der Waals surface area (Å²) >= 11 is 2.07. The van der Waals surface area contributed by atoms with Crippen LogP contribution in [0.4, 0.5) is 0 Å². The average Bonchev–Trinajstić information content (AvgIpc) is 2.29. The van der Waals surface area contributed by atoms with E-state index in [9.17, 15) is 9.59 Å². The molecule has 0 aliphatic rings. The van der Waals surface area contributed by atoms with E-state index in [2.05, 4.69) is 27.9 Å². The van der Waals surface area contributed by atoms with E-state index in [1.165, 1.54) is 7.11 Å². The van der Waals surface area contributed by atoms with Crippen LogP contribution in [0.2, 0.25) is 0 Å². The molecular formula is C12H14INO4. The molecule has 18 heavy (non-hydrogen) atoms. The van der Waals surface area contributed by atoms with E-state index in [1.807, 2.05) is 25.1 Å². The zero-order valence-corrected chi connectivity index (χ0v) is 12.2. The Morgan fingerprint density at radius 2 is 2.17 bits per heavy atom. The molecule has 0 bridgehead atoms. The molecule has 6 heteroatoms. The van der Waals surface area contributed by atoms with E-state index in [-0.39, 0.29) is 12.5 Å². The molecular weight excluding hydrogens is 349 g/mol. The van der Waals surface area contributed by atoms with Gasteiger partial charge in [-0.1, -0.05) is 12.1 Å². The van der Waals surface area contributed by atoms with Crippen LogP contribution in [0.15, 0.2) is 18.2 Å². The third-order valence-corrected chi connectivity index (χ3v) is 3.36. The summed E-state index contributed by atoms with van der Waals surface area (Å²) in [5.41, 5.74) is 1.42. The molecule has 0 radical (unpaired) electrons. The normalized spacial score (nSPS) is 11.9. The number of halogens is 1. The number of rotatable bonds is 5. The molecule has 1 unspecified atom stereocenters. The number of aryl methyl sites for hydroxylation is 1. The van der Waals surface area contributed by atoms with Crippen molar-refractivity contribution in [2.45, 2.75) is 13.0 Å². The minimum atomic E-state index is -1.10. The van der Waals surface area contributed by atoms with Gasteiger partial charge in [-0.2, -0.15) is 0 Å². The van der Waals surface area contributed by atoms with E-state index in [4.69, 9.17) is 9.84 Å². The highest BCUT2D eigenvalue weighted by atomic mass is 127. The number of ether oxygens (including phenoxy) is 1. The van der Waals surface area contributed by atoms with Crippen molar-refractivity contribution < 1.29 is 19.4 Å². The van der Waals surface area contributed by atoms with Crippen LogP contribution in [-0.4, -0.2) is 36.7 Å². The Labute approximate surface area is 119 Å². The molecule has 0 aliphatic heterocycles. The molecule has 98 valence electrons. The Hall–Kier alpha value is -1.15. The monoisotopic (exact) mass is 363 g/mol. The van der Waals surface area contributed by atoms with Crippen molar-refractivity contribution in [2.75, 3.05) is 13.7 Å². The first-order chi connectivity index (χ1) is 8.47. The second kappa shape index (κ2) is 6.69. The number of nitrogens with one attached hydrogen (secondary N) is 1. The maximum atomic E-state index is 12.0. The number of carbonyl (C=O) groups excluding carboxylic acids is 1. The lowest BCUT2D eigenvalue weighted by Crippen LogP contribution is -2.38. The lowest BCUT2D eigenvalue weighted by atomic mass is 10.1. The predicted molar refractivity (Wildman–Crippen MR) is 74.7 cm³/mol. The smallest absolute Gasteiger partial charge is 0.334 e. The molecule has 1 atom stereocenters. The minimum absolute atomic E-state index is 0.0604. The van der Waals surface area contributed by atoms with Gasteiger partial charge in [0.25, 0.3) is 5.91 Å². The van der Waals surface area contributed by atoms with E-state index >= 15 is 0 Å². The van der Waals surface area contributed by atoms with Crippen molar-refractivity contribution in [3.63, 3.8) is 0 Å². The molecule has 1 rings (SSSR count). The first kappa shape index (κ1) is 14.9. The molecule has 0 fully saturated rings. The van der Waals surface area contributed by atoms with Gasteiger partial charge in [0.05, 0.1) is 12.1 Å². The molecule has 0 saturated heterocycles. The zero-order chi connectivity index (χ0) is 13.7. The highest BCUT2D eigenvalue weighted by Crippen LogP contribution is 2.16. The van der Waals surface area contributed by atoms with Gasteiger partial charge >= 0.3 is 5.97 Å². The number of carboxylic acid groups (broad SMARTS) is 1. The summed E-state index contributed by atoms with van der Waals surface area (Å²) in [4.78, 5) is 22.7. The Bertz CT molecular complexity index is 441. The third-order valence-electron chi connectivity index (χ3n) is 2.46. The van der Waals surface area contributed by atoms with Crippen LogP contribution in [0, 0.1) is 10.5 Å². The van der Waals surface area contributed by atoms with Gasteiger partial charge in [-0.15, -0.1) is 0 Å². The maximum Gasteiger partial charge on any atom is 0.334 e. The Balaban J connectivity index is 2.74. The van der Waals surface area contributed by atoms with Crippen LogP contribution in [0.25, 0.3) is 0 Å². The predicted octanol–water partition coefficient (Wildman–Crippen LogP) is 1.43. The lowest BCUT2D eigenvalue weighted by Gasteiger charge is -2.13. The van der Waals surface area contributed by atoms with Crippen molar-refractivity contribution in [3.05, 3.63) is 32.9 Å². The molecule has 1 aromatic rings. The number of benzene rings is 1. The van der Waals surface area contributed by atoms with Crippen LogP contribution in [0.3, 0.4) is 0 Å². The summed E-state index contributed by atoms with van der Waals surface area (Å²) in [5.74, 6) is -1.39. The van der Waals surface area contributed by atoms with Gasteiger partial charge in [-0.3, -0.25) is 4.79 Å². The molecule has 1 aromatic carbocycles. The summed E-state index contributed by atoms with van der Waals surface area (Å²) in [6.07, 6.45) is -1.03. The topological polar surface area (TPSA) is 75.6 Å². The van der Waals surface area contributed by atoms with Gasteiger partial charge in [0.15, 0.2) is 6.10 Å². The highest BCUT2D eigenvalue weighted by Gasteiger charge is 2.19. The third kappa shape index (κ3) is 3.67. The van der Waals surface area contributed by atoms with E-state index in [1.54, 1.807) is 0 Å². The van der Waals surface area contributed by atoms with Crippen molar-refractivity contribution >= 4 is 34.5 Å². The van der Waals surface area contributed by atoms with Crippen molar-refractivity contribution in [2.24, 2.45) is 0 Å². The first-order valence-electron chi connectivity index (χ1n) is 5.26. The Morgan fingerprint density at radius 1 is 1.50 bits per heavy atom. The van der Waals surface area contributed by atoms with Gasteiger partial charge in [0, 0.05) is 10.7 Å². The molecule has 0 saturated carbocycles. The van der Waals surface area contributed by atoms with Gasteiger partial charge in [-0.05, 0) is 41.1 Å². The van der Waals surface area contributed by atoms with Crippen molar-refractivity contribution in [3.8, 4) is 0 Å². The Kier molecular flexibility index (Phi) is 5.54. The zero-order valence-electron chi connectivity index (χ0n) is 10.1. The Morgan fingerprint density at radius 3 is 2.67 bits per heavy atom. The van der Waals surface area contributed by atoms with Crippen molar-refractivity contribution in [1.82, 2.24) is 5.32 Å². The average molecular weight is 363 g/mol. The molecule has 0 spiro atoms. The standard InChI is InChI=1S/C12H14INO4/c1-7-4-3-5-8(13)10(7)11(15)14-6-9(18-2)12(16)17/h3-5,9H,6H2,1-2H3,(H,14,15)(H,16,17). The van der Waals surface area contributed by atoms with E-state index < -0.39 is 12.1 Å². The van der Waals surface area contributed by atoms with Crippen LogP contribution >= 0.6 is 22.6 Å². The second-order valence-electron chi connectivity index (χ2n) is 3.70. The van der Waals surface area contributed by atoms with Gasteiger partial charge in [-0.25, -0.2) is 4.79 Å². The SMILES string of the molecule is COC(CNC(=O)c1c(C)cccc1I)C(=O)O. The van der Waals surface area contributed by atoms with Gasteiger partial charge in [0.2, 0.25) is 0 Å². The quantitative estimate of drug-likeness (QED) is 0.777. The molecule has 0 heterocycles. The van der Waals surface area contributed by atoms with Crippen LogP contribution in [0.1, 0.15) is 15.9 Å². The maximum absolute atomic E-state index is 12.0. The molecule has 0 aromatic heterocycles. The van der Waals surface area contributed by atoms with Crippen molar-refractivity contribution in [1.29, 1.82) is 0 Å². The summed E-state index contributed by atoms with van der Waals surface area (Å²) in [7, 11) is 1.29. The number of carboxylic acids is 1. The highest BCUT2D eigenvalue weighted by molar-refractivity contribution is 14.1. The summed E-state index contributed by atoms with van der Waals surface area (Å²) < 4.78 is 5.57. The number of methoxy groups -OCH3 is 1. The summed E-state index contributed by atoms with van der Waals surface area (Å²) in [6.45, 7) is 1.77. The summed E-state index contributed by atoms with van der Waals surface area (Å²) in [6, 6.07) is 5.53. The number of amides is 1. The largest absolute Gasteiger partial charge is 0.479 e. The molecule has 2 N–H and O–H groups in total. The van der Waals surface area contributed by atoms with E-state index in [0.717, 1.165) is 9.13 Å². The summed E-state index contributed by atoms with van der Waals surface area (Å²) in [5, 5.41) is 11.4. The van der Waals surface area contributed by atoms with Gasteiger partial charge < -0.3 is 15.2 Å². The van der Waals surface area contributed by atoms with E-state index in [0.29, 0.717) is 5.56 Å². The molecule has 1 amide bonds. The fourth-order valence-electron chi connectivity index (χ4n) is 1.46. The van der Waals surface area contributed by atoms with Gasteiger partial charge in [0.1, 0.15) is 0 Å². The second-order valence-corrected chi connectivity index (χ2v) is 4.87. The van der Waals surface area contributed by atoms with Crippen LogP contribution < -0.4 is 5.32 Å². The number of hydrogen-bond donors (Lipinski definition) is 2. The van der Waals surface area contributed by atoms with Crippen LogP contribution in [-0.2, 0) is 9.53 Å². The van der Waals surface area contributed by atoms with Crippen LogP contribution in [0.5, 0.6) is 0 Å². The fourth-order valence-corrected chi connectivity index (χ4v) is 2.34. The first-order valence-corrected chi connectivity index (χ1v) is 6.34. The molecule has 0 aliphatic carbocycles. The number of hydrogen-bond acceptors (Lipinski definition) is 3. The molecule has 5 nitrogen and oxygen atoms in total. The number of aliphatic carboxylic acids is 1. The minimum Gasteiger partial charge on any atom is -0.479 e. The lowest BCUT2D eigenvalue weighted by molar-refractivity contribution is -0.148.